The molecule has 4 fully saturated rings. The van der Waals surface area contributed by atoms with Crippen molar-refractivity contribution in [3.8, 4) is 0 Å². The smallest absolute Gasteiger partial charge is 0.321 e. The zero-order valence-electron chi connectivity index (χ0n) is 32.2. The minimum absolute atomic E-state index is 0.0416. The van der Waals surface area contributed by atoms with Crippen LogP contribution in [0.1, 0.15) is 118 Å². The average molecular weight is 739 g/mol. The summed E-state index contributed by atoms with van der Waals surface area (Å²) in [6.45, 7) is 9.61. The van der Waals surface area contributed by atoms with E-state index < -0.39 is 34.5 Å². The zero-order chi connectivity index (χ0) is 38.4. The molecular formula is C46H56F2N2O4. The summed E-state index contributed by atoms with van der Waals surface area (Å²) in [7, 11) is 0. The molecule has 288 valence electrons. The fourth-order valence-corrected chi connectivity index (χ4v) is 10.7. The molecule has 0 spiro atoms. The highest BCUT2D eigenvalue weighted by Crippen LogP contribution is 2.62. The second-order valence-corrected chi connectivity index (χ2v) is 17.8. The van der Waals surface area contributed by atoms with E-state index >= 15 is 0 Å². The first-order valence-corrected chi connectivity index (χ1v) is 20.0. The Morgan fingerprint density at radius 1 is 0.926 bits per heavy atom. The van der Waals surface area contributed by atoms with E-state index in [0.29, 0.717) is 68.2 Å². The molecule has 4 saturated carbocycles. The molecule has 6 nitrogen and oxygen atoms in total. The van der Waals surface area contributed by atoms with E-state index in [9.17, 15) is 28.6 Å². The Morgan fingerprint density at radius 3 is 2.43 bits per heavy atom. The Bertz CT molecular complexity index is 1910. The van der Waals surface area contributed by atoms with Gasteiger partial charge in [0.2, 0.25) is 0 Å². The minimum Gasteiger partial charge on any atom is -0.393 e. The van der Waals surface area contributed by atoms with Gasteiger partial charge in [-0.25, -0.2) is 13.6 Å². The van der Waals surface area contributed by atoms with Gasteiger partial charge >= 0.3 is 6.03 Å². The van der Waals surface area contributed by atoms with Crippen LogP contribution in [-0.4, -0.2) is 51.7 Å². The van der Waals surface area contributed by atoms with Crippen molar-refractivity contribution in [3.05, 3.63) is 112 Å². The average Bonchev–Trinajstić information content (AvgIpc) is 3.40. The number of allylic oxidation sites excluding steroid dienone is 2. The number of halogens is 2. The predicted octanol–water partition coefficient (Wildman–Crippen LogP) is 9.84. The molecule has 2 amide bonds. The molecule has 0 radical (unpaired) electrons. The van der Waals surface area contributed by atoms with Gasteiger partial charge in [-0.1, -0.05) is 62.8 Å². The van der Waals surface area contributed by atoms with Crippen LogP contribution < -0.4 is 5.32 Å². The van der Waals surface area contributed by atoms with Crippen molar-refractivity contribution < 1.29 is 28.6 Å². The van der Waals surface area contributed by atoms with Crippen LogP contribution in [0.3, 0.4) is 0 Å². The summed E-state index contributed by atoms with van der Waals surface area (Å²) in [4.78, 5) is 30.5. The molecule has 3 aromatic carbocycles. The molecule has 0 saturated heterocycles. The summed E-state index contributed by atoms with van der Waals surface area (Å²) in [5.41, 5.74) is 1.99. The summed E-state index contributed by atoms with van der Waals surface area (Å²) in [5.74, 6) is -1.24. The van der Waals surface area contributed by atoms with Crippen molar-refractivity contribution in [3.63, 3.8) is 0 Å². The molecular weight excluding hydrogens is 683 g/mol. The lowest BCUT2D eigenvalue weighted by Gasteiger charge is -2.60. The summed E-state index contributed by atoms with van der Waals surface area (Å²) in [6.07, 6.45) is 8.90. The number of rotatable bonds is 7. The van der Waals surface area contributed by atoms with Crippen LogP contribution >= 0.6 is 0 Å². The summed E-state index contributed by atoms with van der Waals surface area (Å²) in [5, 5.41) is 27.2. The van der Waals surface area contributed by atoms with Crippen LogP contribution in [0.4, 0.5) is 19.3 Å². The lowest BCUT2D eigenvalue weighted by molar-refractivity contribution is -0.117. The van der Waals surface area contributed by atoms with E-state index in [2.05, 4.69) is 39.1 Å². The maximum absolute atomic E-state index is 14.5. The lowest BCUT2D eigenvalue weighted by Crippen LogP contribution is -2.58. The number of benzene rings is 3. The number of fused-ring (bicyclic) bond motifs is 10. The quantitative estimate of drug-likeness (QED) is 0.166. The molecule has 6 aliphatic carbocycles. The molecule has 0 aliphatic heterocycles. The fourth-order valence-electron chi connectivity index (χ4n) is 10.7. The van der Waals surface area contributed by atoms with E-state index in [1.165, 1.54) is 18.1 Å². The number of para-hydroxylation sites is 1. The second-order valence-electron chi connectivity index (χ2n) is 17.8. The normalized spacial score (nSPS) is 30.4. The van der Waals surface area contributed by atoms with Gasteiger partial charge in [-0.15, -0.1) is 0 Å². The summed E-state index contributed by atoms with van der Waals surface area (Å²) in [6, 6.07) is 18.1. The SMILES string of the molecule is CC1=CCC[C@@]2(C)[C@@H](CC[C@@]2(O)CN(C[C@@H]2CC[C@H]3C[C@@H]2C3(C)C)C(=O)Nc2ccccc2)c2ccc(cc2C(=O)c2ccc(F)c(F)c2)C[C@@H](O)CC1. The van der Waals surface area contributed by atoms with Crippen LogP contribution in [0.5, 0.6) is 0 Å². The number of nitrogens with zero attached hydrogens (tertiary/aromatic N) is 1. The molecule has 8 heteroatoms. The third-order valence-corrected chi connectivity index (χ3v) is 14.3. The number of ketones is 1. The third kappa shape index (κ3) is 7.28. The lowest BCUT2D eigenvalue weighted by atomic mass is 9.45. The number of aliphatic hydroxyl groups is 2. The van der Waals surface area contributed by atoms with Crippen LogP contribution in [0, 0.1) is 40.2 Å². The monoisotopic (exact) mass is 738 g/mol. The van der Waals surface area contributed by atoms with E-state index in [1.54, 1.807) is 6.07 Å². The minimum atomic E-state index is -1.30. The van der Waals surface area contributed by atoms with E-state index in [1.807, 2.05) is 47.4 Å². The molecule has 0 heterocycles. The van der Waals surface area contributed by atoms with Gasteiger partial charge < -0.3 is 20.4 Å². The molecule has 3 N–H and O–H groups in total. The van der Waals surface area contributed by atoms with Crippen LogP contribution in [0.2, 0.25) is 0 Å². The van der Waals surface area contributed by atoms with Gasteiger partial charge in [-0.05, 0) is 148 Å². The van der Waals surface area contributed by atoms with Crippen molar-refractivity contribution in [2.75, 3.05) is 18.4 Å². The second kappa shape index (κ2) is 15.0. The maximum Gasteiger partial charge on any atom is 0.321 e. The summed E-state index contributed by atoms with van der Waals surface area (Å²) >= 11 is 0. The van der Waals surface area contributed by atoms with Crippen molar-refractivity contribution in [2.45, 2.75) is 110 Å². The Balaban J connectivity index is 1.28. The largest absolute Gasteiger partial charge is 0.393 e. The van der Waals surface area contributed by atoms with Gasteiger partial charge in [0, 0.05) is 28.8 Å². The highest BCUT2D eigenvalue weighted by Gasteiger charge is 2.59. The van der Waals surface area contributed by atoms with E-state index in [0.717, 1.165) is 48.4 Å². The van der Waals surface area contributed by atoms with Crippen molar-refractivity contribution in [2.24, 2.45) is 28.6 Å². The molecule has 54 heavy (non-hydrogen) atoms. The number of carbonyl (C=O) groups excluding carboxylic acids is 2. The van der Waals surface area contributed by atoms with Crippen LogP contribution in [0.25, 0.3) is 0 Å². The van der Waals surface area contributed by atoms with Crippen LogP contribution in [-0.2, 0) is 6.42 Å². The van der Waals surface area contributed by atoms with Gasteiger partial charge in [-0.3, -0.25) is 4.79 Å². The molecule has 4 bridgehead atoms. The topological polar surface area (TPSA) is 89.9 Å². The standard InChI is InChI=1S/C46H56F2N2O4/c1-29-9-8-21-45(4)38(36-18-13-30(23-35(51)17-12-29)24-37(36)42(52)31-15-19-40(47)41(48)25-31)20-22-46(45,54)28-50(43(53)49-34-10-6-5-7-11-34)27-32-14-16-33-26-39(32)44(33,2)3/h5-7,9-11,13,15,18-19,24-25,32-33,35,38-39,51,54H,8,12,14,16-17,20-23,26-28H2,1-4H3,(H,49,53)/t32-,33-,35-,38-,39-,45-,46+/m0/s1. The van der Waals surface area contributed by atoms with E-state index in [-0.39, 0.29) is 29.5 Å². The molecule has 0 unspecified atom stereocenters. The van der Waals surface area contributed by atoms with Crippen molar-refractivity contribution in [1.29, 1.82) is 0 Å². The number of anilines is 1. The van der Waals surface area contributed by atoms with Gasteiger partial charge in [-0.2, -0.15) is 0 Å². The zero-order valence-corrected chi connectivity index (χ0v) is 32.2. The molecule has 0 aromatic heterocycles. The number of hydrogen-bond donors (Lipinski definition) is 3. The Labute approximate surface area is 319 Å². The fraction of sp³-hybridized carbons (Fsp3) is 0.522. The predicted molar refractivity (Wildman–Crippen MR) is 208 cm³/mol. The van der Waals surface area contributed by atoms with Gasteiger partial charge in [0.1, 0.15) is 0 Å². The number of amides is 2. The van der Waals surface area contributed by atoms with E-state index in [4.69, 9.17) is 0 Å². The van der Waals surface area contributed by atoms with Crippen LogP contribution in [0.15, 0.2) is 78.4 Å². The first kappa shape index (κ1) is 38.4. The number of carbonyl (C=O) groups is 2. The summed E-state index contributed by atoms with van der Waals surface area (Å²) < 4.78 is 28.5. The van der Waals surface area contributed by atoms with Gasteiger partial charge in [0.25, 0.3) is 0 Å². The van der Waals surface area contributed by atoms with Gasteiger partial charge in [0.15, 0.2) is 17.4 Å². The number of aliphatic hydroxyl groups excluding tert-OH is 1. The molecule has 6 aliphatic rings. The van der Waals surface area contributed by atoms with Crippen molar-refractivity contribution >= 4 is 17.5 Å². The third-order valence-electron chi connectivity index (χ3n) is 14.3. The number of urea groups is 1. The molecule has 7 atom stereocenters. The number of hydrogen-bond acceptors (Lipinski definition) is 4. The molecule has 3 aromatic rings. The number of nitrogens with one attached hydrogen (secondary N) is 1. The Morgan fingerprint density at radius 2 is 1.70 bits per heavy atom. The Kier molecular flexibility index (Phi) is 10.7. The highest BCUT2D eigenvalue weighted by atomic mass is 19.2. The van der Waals surface area contributed by atoms with Crippen molar-refractivity contribution in [1.82, 2.24) is 4.90 Å². The molecule has 9 rings (SSSR count). The highest BCUT2D eigenvalue weighted by molar-refractivity contribution is 6.10. The maximum atomic E-state index is 14.5. The first-order valence-electron chi connectivity index (χ1n) is 20.0. The van der Waals surface area contributed by atoms with Gasteiger partial charge in [0.05, 0.1) is 18.2 Å². The Hall–Kier alpha value is -3.88. The first-order chi connectivity index (χ1) is 25.7.